The van der Waals surface area contributed by atoms with Gasteiger partial charge in [-0.3, -0.25) is 19.7 Å². The highest BCUT2D eigenvalue weighted by molar-refractivity contribution is 6.02. The van der Waals surface area contributed by atoms with E-state index in [0.29, 0.717) is 16.9 Å². The van der Waals surface area contributed by atoms with Crippen LogP contribution in [0.3, 0.4) is 0 Å². The standard InChI is InChI=1S/C22H23N3O4/c26-21(14-11-16-9-12-20(13-10-16)25(28)29)23-18-7-4-8-19(15-18)24-22(27)17-5-2-1-3-6-17/h4,7-15,17H,1-3,5-6H2,(H,23,26)(H,24,27)/b14-11+. The second-order valence-corrected chi connectivity index (χ2v) is 7.08. The molecule has 0 aliphatic heterocycles. The number of hydrogen-bond acceptors (Lipinski definition) is 4. The van der Waals surface area contributed by atoms with E-state index in [0.717, 1.165) is 25.7 Å². The maximum Gasteiger partial charge on any atom is 0.269 e. The van der Waals surface area contributed by atoms with Crippen molar-refractivity contribution in [3.05, 3.63) is 70.3 Å². The molecule has 7 heteroatoms. The first-order valence-corrected chi connectivity index (χ1v) is 9.66. The molecule has 3 rings (SSSR count). The van der Waals surface area contributed by atoms with Crippen LogP contribution in [0.1, 0.15) is 37.7 Å². The molecule has 2 N–H and O–H groups in total. The summed E-state index contributed by atoms with van der Waals surface area (Å²) in [5.74, 6) is -0.239. The summed E-state index contributed by atoms with van der Waals surface area (Å²) in [7, 11) is 0. The van der Waals surface area contributed by atoms with Gasteiger partial charge in [0.25, 0.3) is 5.69 Å². The average molecular weight is 393 g/mol. The van der Waals surface area contributed by atoms with Gasteiger partial charge in [-0.05, 0) is 54.8 Å². The summed E-state index contributed by atoms with van der Waals surface area (Å²) >= 11 is 0. The lowest BCUT2D eigenvalue weighted by atomic mass is 9.88. The molecule has 0 spiro atoms. The summed E-state index contributed by atoms with van der Waals surface area (Å²) in [6, 6.07) is 12.9. The third-order valence-corrected chi connectivity index (χ3v) is 4.90. The van der Waals surface area contributed by atoms with E-state index < -0.39 is 4.92 Å². The number of nitrogens with zero attached hydrogens (tertiary/aromatic N) is 1. The van der Waals surface area contributed by atoms with Crippen LogP contribution in [0.25, 0.3) is 6.08 Å². The molecule has 7 nitrogen and oxygen atoms in total. The van der Waals surface area contributed by atoms with E-state index >= 15 is 0 Å². The Bertz CT molecular complexity index is 916. The van der Waals surface area contributed by atoms with Crippen LogP contribution in [0, 0.1) is 16.0 Å². The van der Waals surface area contributed by atoms with Crippen molar-refractivity contribution in [2.24, 2.45) is 5.92 Å². The smallest absolute Gasteiger partial charge is 0.269 e. The van der Waals surface area contributed by atoms with Crippen molar-refractivity contribution in [3.63, 3.8) is 0 Å². The van der Waals surface area contributed by atoms with Gasteiger partial charge in [0.1, 0.15) is 0 Å². The number of carbonyl (C=O) groups is 2. The number of non-ortho nitro benzene ring substituents is 1. The summed E-state index contributed by atoms with van der Waals surface area (Å²) in [6.45, 7) is 0. The molecular formula is C22H23N3O4. The molecule has 0 saturated heterocycles. The fraction of sp³-hybridized carbons (Fsp3) is 0.273. The van der Waals surface area contributed by atoms with E-state index in [1.807, 2.05) is 0 Å². The topological polar surface area (TPSA) is 101 Å². The molecule has 0 aromatic heterocycles. The van der Waals surface area contributed by atoms with Gasteiger partial charge < -0.3 is 10.6 Å². The number of nitro groups is 1. The lowest BCUT2D eigenvalue weighted by Crippen LogP contribution is -2.24. The van der Waals surface area contributed by atoms with Gasteiger partial charge in [-0.25, -0.2) is 0 Å². The number of benzene rings is 2. The second kappa shape index (κ2) is 9.64. The number of nitrogens with one attached hydrogen (secondary N) is 2. The number of hydrogen-bond donors (Lipinski definition) is 2. The molecule has 0 bridgehead atoms. The van der Waals surface area contributed by atoms with Gasteiger partial charge in [0.05, 0.1) is 4.92 Å². The van der Waals surface area contributed by atoms with Crippen molar-refractivity contribution in [3.8, 4) is 0 Å². The average Bonchev–Trinajstić information content (AvgIpc) is 2.73. The van der Waals surface area contributed by atoms with Gasteiger partial charge in [0.2, 0.25) is 11.8 Å². The zero-order valence-electron chi connectivity index (χ0n) is 16.0. The summed E-state index contributed by atoms with van der Waals surface area (Å²) in [4.78, 5) is 34.7. The van der Waals surface area contributed by atoms with Crippen molar-refractivity contribution in [2.45, 2.75) is 32.1 Å². The van der Waals surface area contributed by atoms with Crippen LogP contribution in [-0.2, 0) is 9.59 Å². The fourth-order valence-corrected chi connectivity index (χ4v) is 3.35. The molecule has 29 heavy (non-hydrogen) atoms. The first-order chi connectivity index (χ1) is 14.0. The van der Waals surface area contributed by atoms with E-state index in [1.54, 1.807) is 42.5 Å². The SMILES string of the molecule is O=C(/C=C/c1ccc([N+](=O)[O-])cc1)Nc1cccc(NC(=O)C2CCCCC2)c1. The molecule has 0 atom stereocenters. The van der Waals surface area contributed by atoms with Crippen molar-refractivity contribution in [1.82, 2.24) is 0 Å². The maximum absolute atomic E-state index is 12.4. The minimum Gasteiger partial charge on any atom is -0.326 e. The summed E-state index contributed by atoms with van der Waals surface area (Å²) in [5, 5.41) is 16.3. The van der Waals surface area contributed by atoms with Crippen molar-refractivity contribution < 1.29 is 14.5 Å². The predicted molar refractivity (Wildman–Crippen MR) is 112 cm³/mol. The number of rotatable bonds is 6. The number of anilines is 2. The van der Waals surface area contributed by atoms with Gasteiger partial charge in [-0.2, -0.15) is 0 Å². The maximum atomic E-state index is 12.4. The quantitative estimate of drug-likeness (QED) is 0.419. The molecule has 150 valence electrons. The molecule has 2 aromatic rings. The van der Waals surface area contributed by atoms with E-state index in [2.05, 4.69) is 10.6 Å². The summed E-state index contributed by atoms with van der Waals surface area (Å²) in [6.07, 6.45) is 8.16. The molecule has 2 amide bonds. The van der Waals surface area contributed by atoms with Crippen LogP contribution in [0.5, 0.6) is 0 Å². The molecule has 0 heterocycles. The van der Waals surface area contributed by atoms with E-state index in [1.165, 1.54) is 24.6 Å². The minimum atomic E-state index is -0.472. The minimum absolute atomic E-state index is 0.00121. The number of amides is 2. The molecule has 1 saturated carbocycles. The molecule has 1 fully saturated rings. The predicted octanol–water partition coefficient (Wildman–Crippen LogP) is 4.77. The van der Waals surface area contributed by atoms with E-state index in [4.69, 9.17) is 0 Å². The summed E-state index contributed by atoms with van der Waals surface area (Å²) < 4.78 is 0. The Kier molecular flexibility index (Phi) is 6.73. The third-order valence-electron chi connectivity index (χ3n) is 4.90. The van der Waals surface area contributed by atoms with Crippen molar-refractivity contribution in [1.29, 1.82) is 0 Å². The monoisotopic (exact) mass is 393 g/mol. The lowest BCUT2D eigenvalue weighted by molar-refractivity contribution is -0.384. The van der Waals surface area contributed by atoms with Gasteiger partial charge in [-0.15, -0.1) is 0 Å². The Morgan fingerprint density at radius 1 is 0.966 bits per heavy atom. The Morgan fingerprint density at radius 2 is 1.62 bits per heavy atom. The van der Waals surface area contributed by atoms with Crippen molar-refractivity contribution >= 4 is 35.0 Å². The van der Waals surface area contributed by atoms with Crippen LogP contribution in [0.4, 0.5) is 17.1 Å². The van der Waals surface area contributed by atoms with Gasteiger partial charge in [-0.1, -0.05) is 25.3 Å². The molecule has 0 unspecified atom stereocenters. The van der Waals surface area contributed by atoms with Gasteiger partial charge in [0, 0.05) is 35.5 Å². The van der Waals surface area contributed by atoms with E-state index in [-0.39, 0.29) is 23.4 Å². The second-order valence-electron chi connectivity index (χ2n) is 7.08. The number of carbonyl (C=O) groups excluding carboxylic acids is 2. The number of nitro benzene ring substituents is 1. The summed E-state index contributed by atoms with van der Waals surface area (Å²) in [5.41, 5.74) is 1.90. The Hall–Kier alpha value is -3.48. The van der Waals surface area contributed by atoms with Crippen LogP contribution >= 0.6 is 0 Å². The van der Waals surface area contributed by atoms with Crippen LogP contribution < -0.4 is 10.6 Å². The lowest BCUT2D eigenvalue weighted by Gasteiger charge is -2.20. The first kappa shape index (κ1) is 20.3. The van der Waals surface area contributed by atoms with Crippen LogP contribution in [0.15, 0.2) is 54.6 Å². The molecular weight excluding hydrogens is 370 g/mol. The highest BCUT2D eigenvalue weighted by Gasteiger charge is 2.21. The van der Waals surface area contributed by atoms with Crippen LogP contribution in [-0.4, -0.2) is 16.7 Å². The highest BCUT2D eigenvalue weighted by atomic mass is 16.6. The Balaban J connectivity index is 1.56. The van der Waals surface area contributed by atoms with Gasteiger partial charge in [0.15, 0.2) is 0 Å². The zero-order chi connectivity index (χ0) is 20.6. The molecule has 0 radical (unpaired) electrons. The Labute approximate surface area is 169 Å². The van der Waals surface area contributed by atoms with Crippen LogP contribution in [0.2, 0.25) is 0 Å². The largest absolute Gasteiger partial charge is 0.326 e. The zero-order valence-corrected chi connectivity index (χ0v) is 16.0. The fourth-order valence-electron chi connectivity index (χ4n) is 3.35. The first-order valence-electron chi connectivity index (χ1n) is 9.66. The molecule has 1 aliphatic rings. The van der Waals surface area contributed by atoms with Gasteiger partial charge >= 0.3 is 0 Å². The molecule has 2 aromatic carbocycles. The third kappa shape index (κ3) is 6.00. The normalized spacial score (nSPS) is 14.5. The van der Waals surface area contributed by atoms with Crippen molar-refractivity contribution in [2.75, 3.05) is 10.6 Å². The molecule has 1 aliphatic carbocycles. The highest BCUT2D eigenvalue weighted by Crippen LogP contribution is 2.25. The Morgan fingerprint density at radius 3 is 2.28 bits per heavy atom. The van der Waals surface area contributed by atoms with E-state index in [9.17, 15) is 19.7 Å².